The molecule has 116 valence electrons. The topological polar surface area (TPSA) is 69.4 Å². The van der Waals surface area contributed by atoms with Crippen LogP contribution in [0.15, 0.2) is 30.5 Å². The van der Waals surface area contributed by atoms with Crippen LogP contribution in [0.25, 0.3) is 5.78 Å². The Bertz CT molecular complexity index is 899. The van der Waals surface area contributed by atoms with Gasteiger partial charge in [-0.3, -0.25) is 4.79 Å². The maximum absolute atomic E-state index is 12.5. The van der Waals surface area contributed by atoms with Crippen LogP contribution in [0.2, 0.25) is 0 Å². The molecule has 4 rings (SSSR count). The number of ketones is 1. The number of aromatic nitrogens is 4. The summed E-state index contributed by atoms with van der Waals surface area (Å²) in [6.07, 6.45) is 2.97. The average molecular weight is 308 g/mol. The Kier molecular flexibility index (Phi) is 3.11. The summed E-state index contributed by atoms with van der Waals surface area (Å²) in [7, 11) is 1.64. The monoisotopic (exact) mass is 308 g/mol. The molecule has 0 radical (unpaired) electrons. The first-order chi connectivity index (χ1) is 11.1. The van der Waals surface area contributed by atoms with E-state index in [4.69, 9.17) is 4.74 Å². The zero-order valence-electron chi connectivity index (χ0n) is 13.0. The highest BCUT2D eigenvalue weighted by Crippen LogP contribution is 2.32. The Morgan fingerprint density at radius 2 is 1.96 bits per heavy atom. The molecule has 1 aliphatic rings. The molecule has 0 spiro atoms. The van der Waals surface area contributed by atoms with Crippen molar-refractivity contribution in [2.24, 2.45) is 0 Å². The van der Waals surface area contributed by atoms with Gasteiger partial charge >= 0.3 is 0 Å². The van der Waals surface area contributed by atoms with Crippen LogP contribution < -0.4 is 4.74 Å². The lowest BCUT2D eigenvalue weighted by molar-refractivity contribution is 0.0962. The maximum atomic E-state index is 12.5. The number of carbonyl (C=O) groups excluding carboxylic acids is 1. The third-order valence-corrected chi connectivity index (χ3v) is 4.28. The van der Waals surface area contributed by atoms with Crippen LogP contribution in [0, 0.1) is 6.92 Å². The normalized spacial score (nSPS) is 17.3. The summed E-state index contributed by atoms with van der Waals surface area (Å²) in [5.74, 6) is 2.26. The molecule has 0 amide bonds. The molecule has 23 heavy (non-hydrogen) atoms. The first-order valence-corrected chi connectivity index (χ1v) is 7.54. The molecular formula is C17H16N4O2. The van der Waals surface area contributed by atoms with Gasteiger partial charge < -0.3 is 4.74 Å². The van der Waals surface area contributed by atoms with Crippen molar-refractivity contribution >= 4 is 11.6 Å². The Balaban J connectivity index is 1.72. The molecule has 3 aromatic rings. The van der Waals surface area contributed by atoms with Gasteiger partial charge in [-0.05, 0) is 37.0 Å². The maximum Gasteiger partial charge on any atom is 0.252 e. The van der Waals surface area contributed by atoms with Crippen molar-refractivity contribution in [2.45, 2.75) is 25.7 Å². The SMILES string of the molecule is COc1ccc([C@H]2CC(=O)c3cn4nc(C)nc4nc3C2)cc1. The van der Waals surface area contributed by atoms with Gasteiger partial charge in [0.2, 0.25) is 0 Å². The highest BCUT2D eigenvalue weighted by Gasteiger charge is 2.28. The molecule has 6 heteroatoms. The van der Waals surface area contributed by atoms with Crippen molar-refractivity contribution in [2.75, 3.05) is 7.11 Å². The largest absolute Gasteiger partial charge is 0.497 e. The van der Waals surface area contributed by atoms with Crippen molar-refractivity contribution in [3.05, 3.63) is 53.1 Å². The second kappa shape index (κ2) is 5.15. The molecule has 2 heterocycles. The third-order valence-electron chi connectivity index (χ3n) is 4.28. The van der Waals surface area contributed by atoms with E-state index in [0.717, 1.165) is 23.4 Å². The van der Waals surface area contributed by atoms with E-state index in [1.165, 1.54) is 0 Å². The Labute approximate surface area is 133 Å². The molecule has 1 atom stereocenters. The number of hydrogen-bond donors (Lipinski definition) is 0. The number of benzene rings is 1. The van der Waals surface area contributed by atoms with E-state index in [-0.39, 0.29) is 11.7 Å². The molecule has 0 unspecified atom stereocenters. The summed E-state index contributed by atoms with van der Waals surface area (Å²) < 4.78 is 6.77. The summed E-state index contributed by atoms with van der Waals surface area (Å²) in [5.41, 5.74) is 2.60. The molecule has 0 saturated heterocycles. The number of methoxy groups -OCH3 is 1. The number of fused-ring (bicyclic) bond motifs is 2. The van der Waals surface area contributed by atoms with Crippen molar-refractivity contribution in [3.63, 3.8) is 0 Å². The van der Waals surface area contributed by atoms with Gasteiger partial charge in [0.25, 0.3) is 5.78 Å². The quantitative estimate of drug-likeness (QED) is 0.727. The van der Waals surface area contributed by atoms with E-state index in [1.54, 1.807) is 17.8 Å². The number of aryl methyl sites for hydroxylation is 1. The van der Waals surface area contributed by atoms with Crippen molar-refractivity contribution in [1.82, 2.24) is 19.6 Å². The highest BCUT2D eigenvalue weighted by molar-refractivity contribution is 5.98. The fourth-order valence-corrected chi connectivity index (χ4v) is 3.10. The van der Waals surface area contributed by atoms with Crippen LogP contribution in [-0.2, 0) is 6.42 Å². The summed E-state index contributed by atoms with van der Waals surface area (Å²) in [6.45, 7) is 1.82. The summed E-state index contributed by atoms with van der Waals surface area (Å²) in [5, 5.41) is 4.23. The van der Waals surface area contributed by atoms with Gasteiger partial charge in [0.05, 0.1) is 18.4 Å². The highest BCUT2D eigenvalue weighted by atomic mass is 16.5. The van der Waals surface area contributed by atoms with E-state index < -0.39 is 0 Å². The number of carbonyl (C=O) groups is 1. The number of Topliss-reactive ketones (excluding diaryl/α,β-unsaturated/α-hetero) is 1. The molecule has 0 saturated carbocycles. The molecule has 6 nitrogen and oxygen atoms in total. The predicted molar refractivity (Wildman–Crippen MR) is 83.9 cm³/mol. The minimum absolute atomic E-state index is 0.106. The lowest BCUT2D eigenvalue weighted by Crippen LogP contribution is -2.21. The lowest BCUT2D eigenvalue weighted by atomic mass is 9.82. The first-order valence-electron chi connectivity index (χ1n) is 7.54. The van der Waals surface area contributed by atoms with Crippen LogP contribution in [0.3, 0.4) is 0 Å². The van der Waals surface area contributed by atoms with Crippen LogP contribution >= 0.6 is 0 Å². The van der Waals surface area contributed by atoms with Gasteiger partial charge in [0.15, 0.2) is 5.78 Å². The van der Waals surface area contributed by atoms with Crippen LogP contribution in [0.1, 0.15) is 39.8 Å². The zero-order valence-corrected chi connectivity index (χ0v) is 13.0. The molecule has 0 bridgehead atoms. The second-order valence-corrected chi connectivity index (χ2v) is 5.81. The fourth-order valence-electron chi connectivity index (χ4n) is 3.10. The Hall–Kier alpha value is -2.76. The molecule has 0 fully saturated rings. The molecule has 1 aromatic carbocycles. The van der Waals surface area contributed by atoms with Crippen molar-refractivity contribution in [1.29, 1.82) is 0 Å². The van der Waals surface area contributed by atoms with E-state index in [2.05, 4.69) is 15.1 Å². The second-order valence-electron chi connectivity index (χ2n) is 5.81. The van der Waals surface area contributed by atoms with Crippen LogP contribution in [0.4, 0.5) is 0 Å². The standard InChI is InChI=1S/C17H16N4O2/c1-10-18-17-19-15-7-12(11-3-5-13(23-2)6-4-11)8-16(22)14(15)9-21(17)20-10/h3-6,9,12H,7-8H2,1-2H3/t12-/m1/s1. The van der Waals surface area contributed by atoms with Gasteiger partial charge in [-0.15, -0.1) is 0 Å². The zero-order chi connectivity index (χ0) is 16.0. The molecule has 0 aliphatic heterocycles. The van der Waals surface area contributed by atoms with E-state index in [0.29, 0.717) is 23.6 Å². The van der Waals surface area contributed by atoms with Gasteiger partial charge in [0.1, 0.15) is 11.6 Å². The average Bonchev–Trinajstić information content (AvgIpc) is 2.92. The summed E-state index contributed by atoms with van der Waals surface area (Å²) >= 11 is 0. The van der Waals surface area contributed by atoms with Gasteiger partial charge in [-0.25, -0.2) is 9.50 Å². The molecule has 1 aliphatic carbocycles. The predicted octanol–water partition coefficient (Wildman–Crippen LogP) is 2.35. The molecular weight excluding hydrogens is 292 g/mol. The molecule has 0 N–H and O–H groups in total. The van der Waals surface area contributed by atoms with Crippen LogP contribution in [-0.4, -0.2) is 32.5 Å². The number of ether oxygens (including phenoxy) is 1. The number of rotatable bonds is 2. The smallest absolute Gasteiger partial charge is 0.252 e. The first kappa shape index (κ1) is 13.9. The minimum Gasteiger partial charge on any atom is -0.497 e. The minimum atomic E-state index is 0.106. The Morgan fingerprint density at radius 1 is 1.17 bits per heavy atom. The molecule has 2 aromatic heterocycles. The van der Waals surface area contributed by atoms with E-state index >= 15 is 0 Å². The number of nitrogens with zero attached hydrogens (tertiary/aromatic N) is 4. The third kappa shape index (κ3) is 2.36. The van der Waals surface area contributed by atoms with E-state index in [1.807, 2.05) is 31.2 Å². The Morgan fingerprint density at radius 3 is 2.70 bits per heavy atom. The lowest BCUT2D eigenvalue weighted by Gasteiger charge is -2.23. The van der Waals surface area contributed by atoms with E-state index in [9.17, 15) is 4.79 Å². The van der Waals surface area contributed by atoms with Crippen molar-refractivity contribution in [3.8, 4) is 5.75 Å². The van der Waals surface area contributed by atoms with Crippen molar-refractivity contribution < 1.29 is 9.53 Å². The van der Waals surface area contributed by atoms with Gasteiger partial charge in [0, 0.05) is 12.6 Å². The summed E-state index contributed by atoms with van der Waals surface area (Å²) in [6, 6.07) is 7.88. The van der Waals surface area contributed by atoms with Gasteiger partial charge in [-0.1, -0.05) is 12.1 Å². The fraction of sp³-hybridized carbons (Fsp3) is 0.294. The van der Waals surface area contributed by atoms with Crippen LogP contribution in [0.5, 0.6) is 5.75 Å². The van der Waals surface area contributed by atoms with Gasteiger partial charge in [-0.2, -0.15) is 10.1 Å². The number of hydrogen-bond acceptors (Lipinski definition) is 5. The summed E-state index contributed by atoms with van der Waals surface area (Å²) in [4.78, 5) is 21.3.